The average Bonchev–Trinajstić information content (AvgIpc) is 2.85. The molecule has 2 aliphatic rings. The molecule has 1 aliphatic carbocycles. The van der Waals surface area contributed by atoms with Crippen LogP contribution in [-0.2, 0) is 12.8 Å². The van der Waals surface area contributed by atoms with Crippen LogP contribution in [0.15, 0.2) is 24.3 Å². The first kappa shape index (κ1) is 14.5. The molecule has 4 N–H and O–H groups in total. The van der Waals surface area contributed by atoms with Gasteiger partial charge < -0.3 is 16.4 Å². The number of anilines is 2. The molecular formula is C18H23N5. The summed E-state index contributed by atoms with van der Waals surface area (Å²) in [7, 11) is 0. The van der Waals surface area contributed by atoms with E-state index in [0.717, 1.165) is 43.9 Å². The Kier molecular flexibility index (Phi) is 3.65. The number of aromatic nitrogens is 2. The summed E-state index contributed by atoms with van der Waals surface area (Å²) in [6, 6.07) is 8.91. The van der Waals surface area contributed by atoms with E-state index in [-0.39, 0.29) is 0 Å². The summed E-state index contributed by atoms with van der Waals surface area (Å²) in [5, 5.41) is 7.05. The first-order valence-electron chi connectivity index (χ1n) is 8.44. The zero-order chi connectivity index (χ0) is 15.8. The third-order valence-corrected chi connectivity index (χ3v) is 5.01. The van der Waals surface area contributed by atoms with E-state index in [9.17, 15) is 0 Å². The second-order valence-corrected chi connectivity index (χ2v) is 6.65. The van der Waals surface area contributed by atoms with E-state index in [0.29, 0.717) is 17.9 Å². The van der Waals surface area contributed by atoms with Gasteiger partial charge in [0.1, 0.15) is 5.82 Å². The van der Waals surface area contributed by atoms with Crippen LogP contribution in [0.4, 0.5) is 11.8 Å². The predicted molar refractivity (Wildman–Crippen MR) is 93.3 cm³/mol. The van der Waals surface area contributed by atoms with Gasteiger partial charge in [-0.15, -0.1) is 0 Å². The molecule has 4 rings (SSSR count). The van der Waals surface area contributed by atoms with Crippen LogP contribution in [0.5, 0.6) is 0 Å². The number of hydrogen-bond donors (Lipinski definition) is 3. The molecule has 0 unspecified atom stereocenters. The van der Waals surface area contributed by atoms with Crippen molar-refractivity contribution in [1.82, 2.24) is 15.3 Å². The highest BCUT2D eigenvalue weighted by Gasteiger charge is 2.26. The maximum absolute atomic E-state index is 6.02. The fraction of sp³-hybridized carbons (Fsp3) is 0.444. The molecule has 5 nitrogen and oxygen atoms in total. The summed E-state index contributed by atoms with van der Waals surface area (Å²) in [6.45, 7) is 4.27. The van der Waals surface area contributed by atoms with Crippen LogP contribution in [-0.4, -0.2) is 29.1 Å². The molecule has 1 aromatic carbocycles. The number of nitrogens with zero attached hydrogens (tertiary/aromatic N) is 2. The molecule has 1 fully saturated rings. The minimum absolute atomic E-state index is 0.349. The van der Waals surface area contributed by atoms with Crippen LogP contribution in [0.1, 0.15) is 24.5 Å². The number of nitrogens with one attached hydrogen (secondary N) is 2. The minimum atomic E-state index is 0.349. The van der Waals surface area contributed by atoms with Gasteiger partial charge in [-0.2, -0.15) is 4.98 Å². The number of benzene rings is 1. The Balaban J connectivity index is 1.79. The zero-order valence-corrected chi connectivity index (χ0v) is 13.5. The van der Waals surface area contributed by atoms with E-state index in [4.69, 9.17) is 5.73 Å². The van der Waals surface area contributed by atoms with Crippen LogP contribution >= 0.6 is 0 Å². The summed E-state index contributed by atoms with van der Waals surface area (Å²) >= 11 is 0. The minimum Gasteiger partial charge on any atom is -0.368 e. The molecule has 0 amide bonds. The molecule has 1 aromatic heterocycles. The Morgan fingerprint density at radius 3 is 2.87 bits per heavy atom. The van der Waals surface area contributed by atoms with Crippen LogP contribution in [0.3, 0.4) is 0 Å². The molecule has 0 radical (unpaired) electrons. The molecule has 23 heavy (non-hydrogen) atoms. The lowest BCUT2D eigenvalue weighted by molar-refractivity contribution is 0.592. The Hall–Kier alpha value is -2.14. The molecular weight excluding hydrogens is 286 g/mol. The number of fused-ring (bicyclic) bond motifs is 3. The van der Waals surface area contributed by atoms with Crippen molar-refractivity contribution in [3.8, 4) is 11.3 Å². The van der Waals surface area contributed by atoms with Gasteiger partial charge in [0.25, 0.3) is 0 Å². The van der Waals surface area contributed by atoms with Gasteiger partial charge in [0, 0.05) is 23.7 Å². The van der Waals surface area contributed by atoms with Crippen molar-refractivity contribution in [1.29, 1.82) is 0 Å². The molecule has 120 valence electrons. The second kappa shape index (κ2) is 5.81. The first-order valence-corrected chi connectivity index (χ1v) is 8.44. The summed E-state index contributed by atoms with van der Waals surface area (Å²) < 4.78 is 0. The van der Waals surface area contributed by atoms with E-state index < -0.39 is 0 Å². The third kappa shape index (κ3) is 2.65. The SMILES string of the molecule is C[C@H]1CNC[C@@H]1Nc1nc(N)nc2c1CCCc1ccccc1-2. The quantitative estimate of drug-likeness (QED) is 0.793. The van der Waals surface area contributed by atoms with Crippen molar-refractivity contribution in [3.63, 3.8) is 0 Å². The van der Waals surface area contributed by atoms with Crippen LogP contribution in [0, 0.1) is 5.92 Å². The van der Waals surface area contributed by atoms with Crippen LogP contribution < -0.4 is 16.4 Å². The number of nitrogens with two attached hydrogens (primary N) is 1. The molecule has 5 heteroatoms. The van der Waals surface area contributed by atoms with Crippen LogP contribution in [0.25, 0.3) is 11.3 Å². The molecule has 0 spiro atoms. The van der Waals surface area contributed by atoms with Crippen molar-refractivity contribution in [2.24, 2.45) is 5.92 Å². The third-order valence-electron chi connectivity index (χ3n) is 5.01. The zero-order valence-electron chi connectivity index (χ0n) is 13.5. The Labute approximate surface area is 136 Å². The van der Waals surface area contributed by atoms with Gasteiger partial charge >= 0.3 is 0 Å². The lowest BCUT2D eigenvalue weighted by Gasteiger charge is -2.20. The van der Waals surface area contributed by atoms with Gasteiger partial charge in [-0.05, 0) is 37.3 Å². The van der Waals surface area contributed by atoms with E-state index in [1.54, 1.807) is 0 Å². The molecule has 2 heterocycles. The normalized spacial score (nSPS) is 23.0. The molecule has 1 saturated heterocycles. The van der Waals surface area contributed by atoms with Gasteiger partial charge in [-0.1, -0.05) is 31.2 Å². The van der Waals surface area contributed by atoms with E-state index in [2.05, 4.69) is 51.8 Å². The van der Waals surface area contributed by atoms with Crippen molar-refractivity contribution < 1.29 is 0 Å². The van der Waals surface area contributed by atoms with Crippen LogP contribution in [0.2, 0.25) is 0 Å². The maximum atomic E-state index is 6.02. The molecule has 2 atom stereocenters. The number of rotatable bonds is 2. The van der Waals surface area contributed by atoms with Crippen molar-refractivity contribution in [2.75, 3.05) is 24.1 Å². The Morgan fingerprint density at radius 1 is 1.17 bits per heavy atom. The topological polar surface area (TPSA) is 75.9 Å². The van der Waals surface area contributed by atoms with Crippen molar-refractivity contribution in [3.05, 3.63) is 35.4 Å². The fourth-order valence-corrected chi connectivity index (χ4v) is 3.68. The number of aryl methyl sites for hydroxylation is 1. The first-order chi connectivity index (χ1) is 11.2. The smallest absolute Gasteiger partial charge is 0.222 e. The lowest BCUT2D eigenvalue weighted by atomic mass is 10.0. The summed E-state index contributed by atoms with van der Waals surface area (Å²) in [4.78, 5) is 9.11. The van der Waals surface area contributed by atoms with E-state index in [1.165, 1.54) is 16.7 Å². The highest BCUT2D eigenvalue weighted by molar-refractivity contribution is 5.73. The van der Waals surface area contributed by atoms with E-state index in [1.807, 2.05) is 0 Å². The molecule has 2 aromatic rings. The summed E-state index contributed by atoms with van der Waals surface area (Å²) in [5.74, 6) is 1.85. The van der Waals surface area contributed by atoms with Gasteiger partial charge in [-0.25, -0.2) is 4.98 Å². The van der Waals surface area contributed by atoms with E-state index >= 15 is 0 Å². The number of nitrogen functional groups attached to an aromatic ring is 1. The van der Waals surface area contributed by atoms with Gasteiger partial charge in [0.05, 0.1) is 5.69 Å². The average molecular weight is 309 g/mol. The van der Waals surface area contributed by atoms with Gasteiger partial charge in [0.15, 0.2) is 0 Å². The maximum Gasteiger partial charge on any atom is 0.222 e. The second-order valence-electron chi connectivity index (χ2n) is 6.65. The van der Waals surface area contributed by atoms with Gasteiger partial charge in [0.2, 0.25) is 5.95 Å². The Bertz CT molecular complexity index is 727. The highest BCUT2D eigenvalue weighted by Crippen LogP contribution is 2.35. The molecule has 0 bridgehead atoms. The largest absolute Gasteiger partial charge is 0.368 e. The monoisotopic (exact) mass is 309 g/mol. The van der Waals surface area contributed by atoms with Crippen molar-refractivity contribution in [2.45, 2.75) is 32.2 Å². The van der Waals surface area contributed by atoms with Crippen molar-refractivity contribution >= 4 is 11.8 Å². The molecule has 0 saturated carbocycles. The summed E-state index contributed by atoms with van der Waals surface area (Å²) in [6.07, 6.45) is 3.18. The fourth-order valence-electron chi connectivity index (χ4n) is 3.68. The molecule has 1 aliphatic heterocycles. The number of hydrogen-bond acceptors (Lipinski definition) is 5. The highest BCUT2D eigenvalue weighted by atomic mass is 15.1. The predicted octanol–water partition coefficient (Wildman–Crippen LogP) is 2.23. The standard InChI is InChI=1S/C18H23N5/c1-11-9-20-10-15(11)21-17-14-8-4-6-12-5-2-3-7-13(12)16(14)22-18(19)23-17/h2-3,5,7,11,15,20H,4,6,8-10H2,1H3,(H3,19,21,22,23)/t11-,15-/m0/s1. The summed E-state index contributed by atoms with van der Waals surface area (Å²) in [5.41, 5.74) is 10.8. The Morgan fingerprint density at radius 2 is 2.04 bits per heavy atom. The lowest BCUT2D eigenvalue weighted by Crippen LogP contribution is -2.28. The van der Waals surface area contributed by atoms with Gasteiger partial charge in [-0.3, -0.25) is 0 Å².